The van der Waals surface area contributed by atoms with Gasteiger partial charge in [-0.3, -0.25) is 4.79 Å². The molecule has 1 unspecified atom stereocenters. The Morgan fingerprint density at radius 1 is 1.24 bits per heavy atom. The number of carbonyl (C=O) groups is 1. The van der Waals surface area contributed by atoms with Crippen LogP contribution in [0.4, 0.5) is 24.7 Å². The second-order valence-electron chi connectivity index (χ2n) is 7.09. The van der Waals surface area contributed by atoms with Crippen LogP contribution in [0.3, 0.4) is 0 Å². The molecule has 0 aliphatic heterocycles. The number of anilines is 2. The fraction of sp³-hybridized carbons (Fsp3) is 0.300. The summed E-state index contributed by atoms with van der Waals surface area (Å²) in [5.41, 5.74) is 5.90. The molecule has 0 radical (unpaired) electrons. The zero-order valence-corrected chi connectivity index (χ0v) is 17.7. The molecule has 10 nitrogen and oxygen atoms in total. The maximum Gasteiger partial charge on any atom is 0.416 e. The van der Waals surface area contributed by atoms with Crippen molar-refractivity contribution in [3.63, 3.8) is 0 Å². The molecule has 3 rings (SSSR count). The molecule has 2 heterocycles. The average Bonchev–Trinajstić information content (AvgIpc) is 3.23. The van der Waals surface area contributed by atoms with Crippen molar-refractivity contribution in [3.8, 4) is 0 Å². The van der Waals surface area contributed by atoms with Crippen LogP contribution >= 0.6 is 0 Å². The van der Waals surface area contributed by atoms with Crippen LogP contribution in [0.5, 0.6) is 0 Å². The Kier molecular flexibility index (Phi) is 7.13. The summed E-state index contributed by atoms with van der Waals surface area (Å²) in [7, 11) is 1.69. The number of benzene rings is 1. The van der Waals surface area contributed by atoms with Crippen LogP contribution in [0.1, 0.15) is 44.9 Å². The van der Waals surface area contributed by atoms with Gasteiger partial charge in [0, 0.05) is 23.9 Å². The first-order valence-electron chi connectivity index (χ1n) is 9.70. The first-order chi connectivity index (χ1) is 15.6. The molecule has 0 aliphatic carbocycles. The lowest BCUT2D eigenvalue weighted by molar-refractivity contribution is -0.138. The number of nitrogens with one attached hydrogen (secondary N) is 3. The lowest BCUT2D eigenvalue weighted by atomic mass is 10.1. The third-order valence-corrected chi connectivity index (χ3v) is 4.67. The van der Waals surface area contributed by atoms with Crippen LogP contribution in [-0.2, 0) is 19.3 Å². The number of hydrogen-bond donors (Lipinski definition) is 5. The molecule has 0 fully saturated rings. The minimum atomic E-state index is -4.52. The number of carbonyl (C=O) groups excluding carboxylic acids is 1. The number of hydrogen-bond acceptors (Lipinski definition) is 9. The molecule has 6 N–H and O–H groups in total. The van der Waals surface area contributed by atoms with Gasteiger partial charge in [-0.25, -0.2) is 9.97 Å². The van der Waals surface area contributed by atoms with E-state index in [9.17, 15) is 23.1 Å². The molecule has 0 saturated heterocycles. The molecule has 1 atom stereocenters. The monoisotopic (exact) mass is 465 g/mol. The summed E-state index contributed by atoms with van der Waals surface area (Å²) in [6.07, 6.45) is -4.81. The molecular formula is C20H22F3N7O3. The molecule has 2 aromatic heterocycles. The fourth-order valence-electron chi connectivity index (χ4n) is 3.01. The number of amides is 1. The molecule has 3 aromatic rings. The molecule has 0 saturated carbocycles. The maximum atomic E-state index is 13.1. The van der Waals surface area contributed by atoms with E-state index in [-0.39, 0.29) is 47.3 Å². The Morgan fingerprint density at radius 3 is 2.70 bits per heavy atom. The van der Waals surface area contributed by atoms with Crippen molar-refractivity contribution < 1.29 is 27.6 Å². The zero-order chi connectivity index (χ0) is 24.2. The summed E-state index contributed by atoms with van der Waals surface area (Å²) in [6, 6.07) is 4.95. The van der Waals surface area contributed by atoms with Gasteiger partial charge in [0.15, 0.2) is 12.0 Å². The normalized spacial score (nSPS) is 12.4. The number of nitrogen functional groups attached to an aromatic ring is 1. The molecular weight excluding hydrogens is 443 g/mol. The number of aromatic nitrogens is 3. The lowest BCUT2D eigenvalue weighted by Crippen LogP contribution is -2.27. The molecule has 0 bridgehead atoms. The zero-order valence-electron chi connectivity index (χ0n) is 17.7. The van der Waals surface area contributed by atoms with E-state index >= 15 is 0 Å². The van der Waals surface area contributed by atoms with E-state index in [4.69, 9.17) is 10.3 Å². The highest BCUT2D eigenvalue weighted by molar-refractivity contribution is 5.94. The number of nitrogens with two attached hydrogens (primary N) is 1. The Hall–Kier alpha value is -3.71. The van der Waals surface area contributed by atoms with Gasteiger partial charge in [0.05, 0.1) is 12.1 Å². The van der Waals surface area contributed by atoms with Gasteiger partial charge in [-0.15, -0.1) is 0 Å². The van der Waals surface area contributed by atoms with Gasteiger partial charge in [-0.2, -0.15) is 13.2 Å². The number of alkyl halides is 3. The van der Waals surface area contributed by atoms with Crippen molar-refractivity contribution in [2.24, 2.45) is 0 Å². The first kappa shape index (κ1) is 23.9. The predicted molar refractivity (Wildman–Crippen MR) is 112 cm³/mol. The predicted octanol–water partition coefficient (Wildman–Crippen LogP) is 2.13. The topological polar surface area (TPSA) is 151 Å². The van der Waals surface area contributed by atoms with Crippen molar-refractivity contribution in [2.45, 2.75) is 32.4 Å². The number of aliphatic hydroxyl groups excluding tert-OH is 1. The third kappa shape index (κ3) is 5.75. The van der Waals surface area contributed by atoms with Gasteiger partial charge in [-0.05, 0) is 31.7 Å². The van der Waals surface area contributed by atoms with E-state index in [1.165, 1.54) is 31.5 Å². The van der Waals surface area contributed by atoms with Gasteiger partial charge < -0.3 is 31.3 Å². The molecule has 1 aromatic carbocycles. The van der Waals surface area contributed by atoms with Gasteiger partial charge in [0.2, 0.25) is 0 Å². The number of aryl methyl sites for hydroxylation is 1. The Balaban J connectivity index is 1.65. The maximum absolute atomic E-state index is 13.1. The van der Waals surface area contributed by atoms with E-state index in [1.807, 2.05) is 0 Å². The average molecular weight is 465 g/mol. The van der Waals surface area contributed by atoms with E-state index in [2.05, 4.69) is 31.1 Å². The summed E-state index contributed by atoms with van der Waals surface area (Å²) >= 11 is 0. The number of nitrogens with zero attached hydrogens (tertiary/aromatic N) is 3. The highest BCUT2D eigenvalue weighted by Crippen LogP contribution is 2.34. The van der Waals surface area contributed by atoms with Gasteiger partial charge in [-0.1, -0.05) is 11.2 Å². The number of rotatable bonds is 8. The van der Waals surface area contributed by atoms with Crippen LogP contribution < -0.4 is 21.7 Å². The van der Waals surface area contributed by atoms with Crippen LogP contribution in [0.2, 0.25) is 0 Å². The second-order valence-corrected chi connectivity index (χ2v) is 7.09. The lowest BCUT2D eigenvalue weighted by Gasteiger charge is -2.15. The molecule has 0 spiro atoms. The minimum absolute atomic E-state index is 0.0458. The van der Waals surface area contributed by atoms with E-state index in [1.54, 1.807) is 7.05 Å². The van der Waals surface area contributed by atoms with Crippen molar-refractivity contribution in [1.29, 1.82) is 0 Å². The summed E-state index contributed by atoms with van der Waals surface area (Å²) < 4.78 is 44.3. The third-order valence-electron chi connectivity index (χ3n) is 4.67. The Morgan fingerprint density at radius 2 is 2.00 bits per heavy atom. The molecule has 13 heteroatoms. The number of aliphatic hydroxyl groups is 1. The molecule has 1 amide bonds. The molecule has 176 valence electrons. The SMILES string of the molecule is CNCc1c(N)ncnc1C(=O)NCc1cc(C(O)Nc2ccc(C)c(C(F)(F)F)c2)on1. The van der Waals surface area contributed by atoms with Crippen molar-refractivity contribution >= 4 is 17.4 Å². The minimum Gasteiger partial charge on any atom is -0.383 e. The standard InChI is InChI=1S/C20H22F3N7O3/c1-10-3-4-11(5-14(10)20(21,22)23)29-18(31)15-6-12(30-33-15)7-26-19(32)16-13(8-25-2)17(24)28-9-27-16/h3-6,9,18,25,29,31H,7-8H2,1-2H3,(H,26,32)(H2,24,27,28). The highest BCUT2D eigenvalue weighted by atomic mass is 19.4. The Labute approximate surface area is 186 Å². The summed E-state index contributed by atoms with van der Waals surface area (Å²) in [5.74, 6) is -0.389. The summed E-state index contributed by atoms with van der Waals surface area (Å²) in [5, 5.41) is 22.1. The quantitative estimate of drug-likeness (QED) is 0.315. The summed E-state index contributed by atoms with van der Waals surface area (Å²) in [4.78, 5) is 20.3. The number of halogens is 3. The first-order valence-corrected chi connectivity index (χ1v) is 9.70. The smallest absolute Gasteiger partial charge is 0.383 e. The van der Waals surface area contributed by atoms with E-state index < -0.39 is 23.9 Å². The van der Waals surface area contributed by atoms with Crippen LogP contribution in [0, 0.1) is 6.92 Å². The highest BCUT2D eigenvalue weighted by Gasteiger charge is 2.32. The van der Waals surface area contributed by atoms with Crippen LogP contribution in [0.15, 0.2) is 35.1 Å². The largest absolute Gasteiger partial charge is 0.416 e. The molecule has 33 heavy (non-hydrogen) atoms. The van der Waals surface area contributed by atoms with Crippen molar-refractivity contribution in [2.75, 3.05) is 18.1 Å². The Bertz CT molecular complexity index is 1130. The van der Waals surface area contributed by atoms with Crippen LogP contribution in [-0.4, -0.2) is 33.2 Å². The fourth-order valence-corrected chi connectivity index (χ4v) is 3.01. The van der Waals surface area contributed by atoms with E-state index in [0.717, 1.165) is 6.07 Å². The second kappa shape index (κ2) is 9.83. The van der Waals surface area contributed by atoms with Crippen molar-refractivity contribution in [1.82, 2.24) is 25.8 Å². The summed E-state index contributed by atoms with van der Waals surface area (Å²) in [6.45, 7) is 1.58. The van der Waals surface area contributed by atoms with Crippen molar-refractivity contribution in [3.05, 3.63) is 64.4 Å². The van der Waals surface area contributed by atoms with Gasteiger partial charge in [0.25, 0.3) is 5.91 Å². The van der Waals surface area contributed by atoms with E-state index in [0.29, 0.717) is 5.56 Å². The van der Waals surface area contributed by atoms with Gasteiger partial charge >= 0.3 is 6.18 Å². The van der Waals surface area contributed by atoms with Crippen LogP contribution in [0.25, 0.3) is 0 Å². The van der Waals surface area contributed by atoms with Gasteiger partial charge in [0.1, 0.15) is 23.5 Å². The molecule has 0 aliphatic rings.